The summed E-state index contributed by atoms with van der Waals surface area (Å²) >= 11 is 1.08. The first kappa shape index (κ1) is 20.9. The number of esters is 1. The number of aryl methyl sites for hydroxylation is 3. The van der Waals surface area contributed by atoms with Crippen LogP contribution >= 0.6 is 11.3 Å². The average molecular weight is 417 g/mol. The van der Waals surface area contributed by atoms with Crippen LogP contribution in [-0.4, -0.2) is 45.4 Å². The number of thiophene rings is 1. The molecule has 2 aromatic heterocycles. The van der Waals surface area contributed by atoms with Crippen molar-refractivity contribution < 1.29 is 19.4 Å². The second-order valence-corrected chi connectivity index (χ2v) is 7.77. The molecule has 0 radical (unpaired) electrons. The maximum atomic E-state index is 12.8. The Kier molecular flexibility index (Phi) is 6.29. The molecule has 0 fully saturated rings. The van der Waals surface area contributed by atoms with Crippen molar-refractivity contribution in [1.82, 2.24) is 15.0 Å². The molecule has 29 heavy (non-hydrogen) atoms. The van der Waals surface area contributed by atoms with Gasteiger partial charge in [0.15, 0.2) is 4.83 Å². The van der Waals surface area contributed by atoms with Crippen LogP contribution in [0.2, 0.25) is 0 Å². The van der Waals surface area contributed by atoms with Gasteiger partial charge in [-0.3, -0.25) is 4.79 Å². The largest absolute Gasteiger partial charge is 0.491 e. The summed E-state index contributed by atoms with van der Waals surface area (Å²) in [5.74, 6) is 0.201. The summed E-state index contributed by atoms with van der Waals surface area (Å²) in [6.45, 7) is 7.46. The smallest absolute Gasteiger partial charge is 0.348 e. The molecule has 0 amide bonds. The molecule has 9 heteroatoms. The summed E-state index contributed by atoms with van der Waals surface area (Å²) in [7, 11) is 0. The SMILES string of the molecule is CCOC(=O)c1sc2nnn(C[C@H](O)COc3cc(C)ccc3C)c(=O)c2c1C. The molecule has 0 unspecified atom stereocenters. The van der Waals surface area contributed by atoms with Gasteiger partial charge in [-0.05, 0) is 50.5 Å². The Balaban J connectivity index is 1.78. The standard InChI is InChI=1S/C20H23N3O5S/c1-5-27-20(26)17-13(4)16-18(29-17)21-22-23(19(16)25)9-14(24)10-28-15-8-11(2)6-7-12(15)3/h6-8,14,24H,5,9-10H2,1-4H3/t14-/m0/s1. The van der Waals surface area contributed by atoms with Crippen molar-refractivity contribution >= 4 is 27.5 Å². The maximum absolute atomic E-state index is 12.8. The lowest BCUT2D eigenvalue weighted by atomic mass is 10.1. The van der Waals surface area contributed by atoms with Gasteiger partial charge in [-0.1, -0.05) is 17.3 Å². The van der Waals surface area contributed by atoms with Gasteiger partial charge in [-0.15, -0.1) is 16.4 Å². The van der Waals surface area contributed by atoms with E-state index in [1.807, 2.05) is 32.0 Å². The van der Waals surface area contributed by atoms with Gasteiger partial charge in [-0.2, -0.15) is 0 Å². The molecule has 1 atom stereocenters. The molecule has 1 aromatic carbocycles. The molecule has 0 aliphatic heterocycles. The lowest BCUT2D eigenvalue weighted by molar-refractivity contribution is 0.0531. The zero-order chi connectivity index (χ0) is 21.1. The van der Waals surface area contributed by atoms with E-state index >= 15 is 0 Å². The summed E-state index contributed by atoms with van der Waals surface area (Å²) in [5, 5.41) is 18.6. The van der Waals surface area contributed by atoms with Gasteiger partial charge < -0.3 is 14.6 Å². The predicted octanol–water partition coefficient (Wildman–Crippen LogP) is 2.39. The molecular weight excluding hydrogens is 394 g/mol. The molecule has 0 aliphatic carbocycles. The van der Waals surface area contributed by atoms with Gasteiger partial charge in [0.05, 0.1) is 18.5 Å². The Hall–Kier alpha value is -2.78. The maximum Gasteiger partial charge on any atom is 0.348 e. The molecule has 0 saturated heterocycles. The highest BCUT2D eigenvalue weighted by atomic mass is 32.1. The van der Waals surface area contributed by atoms with E-state index in [9.17, 15) is 14.7 Å². The van der Waals surface area contributed by atoms with Crippen LogP contribution < -0.4 is 10.3 Å². The highest BCUT2D eigenvalue weighted by Gasteiger charge is 2.21. The van der Waals surface area contributed by atoms with Crippen molar-refractivity contribution in [3.63, 3.8) is 0 Å². The summed E-state index contributed by atoms with van der Waals surface area (Å²) < 4.78 is 11.8. The highest BCUT2D eigenvalue weighted by Crippen LogP contribution is 2.27. The first-order valence-electron chi connectivity index (χ1n) is 9.24. The fourth-order valence-electron chi connectivity index (χ4n) is 2.90. The van der Waals surface area contributed by atoms with Crippen molar-refractivity contribution in [2.24, 2.45) is 0 Å². The molecule has 0 spiro atoms. The number of aliphatic hydroxyl groups is 1. The molecule has 0 aliphatic rings. The number of benzene rings is 1. The minimum absolute atomic E-state index is 0.00709. The van der Waals surface area contributed by atoms with Crippen molar-refractivity contribution in [3.8, 4) is 5.75 Å². The molecule has 2 heterocycles. The summed E-state index contributed by atoms with van der Waals surface area (Å²) in [6.07, 6.45) is -0.956. The van der Waals surface area contributed by atoms with E-state index < -0.39 is 17.6 Å². The molecule has 154 valence electrons. The van der Waals surface area contributed by atoms with E-state index in [-0.39, 0.29) is 19.8 Å². The van der Waals surface area contributed by atoms with Gasteiger partial charge in [0, 0.05) is 0 Å². The van der Waals surface area contributed by atoms with Crippen molar-refractivity contribution in [3.05, 3.63) is 50.1 Å². The topological polar surface area (TPSA) is 104 Å². The van der Waals surface area contributed by atoms with Crippen LogP contribution in [0.1, 0.15) is 33.3 Å². The van der Waals surface area contributed by atoms with Gasteiger partial charge in [0.1, 0.15) is 23.3 Å². The third-order valence-corrected chi connectivity index (χ3v) is 5.60. The van der Waals surface area contributed by atoms with Crippen LogP contribution in [0.3, 0.4) is 0 Å². The van der Waals surface area contributed by atoms with Crippen LogP contribution in [-0.2, 0) is 11.3 Å². The number of aliphatic hydroxyl groups excluding tert-OH is 1. The highest BCUT2D eigenvalue weighted by molar-refractivity contribution is 7.20. The molecule has 3 rings (SSSR count). The number of aromatic nitrogens is 3. The molecule has 3 aromatic rings. The van der Waals surface area contributed by atoms with Gasteiger partial charge >= 0.3 is 5.97 Å². The quantitative estimate of drug-likeness (QED) is 0.589. The predicted molar refractivity (Wildman–Crippen MR) is 110 cm³/mol. The van der Waals surface area contributed by atoms with Gasteiger partial charge in [0.25, 0.3) is 5.56 Å². The number of nitrogens with zero attached hydrogens (tertiary/aromatic N) is 3. The van der Waals surface area contributed by atoms with E-state index in [2.05, 4.69) is 10.3 Å². The number of carbonyl (C=O) groups excluding carboxylic acids is 1. The molecule has 0 saturated carbocycles. The Morgan fingerprint density at radius 3 is 2.79 bits per heavy atom. The normalized spacial score (nSPS) is 12.2. The van der Waals surface area contributed by atoms with Crippen molar-refractivity contribution in [1.29, 1.82) is 0 Å². The number of rotatable bonds is 7. The van der Waals surface area contributed by atoms with Crippen LogP contribution in [0.15, 0.2) is 23.0 Å². The van der Waals surface area contributed by atoms with Gasteiger partial charge in [0.2, 0.25) is 0 Å². The third kappa shape index (κ3) is 4.46. The zero-order valence-corrected chi connectivity index (χ0v) is 17.6. The monoisotopic (exact) mass is 417 g/mol. The first-order chi connectivity index (χ1) is 13.8. The van der Waals surface area contributed by atoms with Crippen molar-refractivity contribution in [2.45, 2.75) is 40.3 Å². The summed E-state index contributed by atoms with van der Waals surface area (Å²) in [5.41, 5.74) is 2.11. The second kappa shape index (κ2) is 8.71. The second-order valence-electron chi connectivity index (χ2n) is 6.77. The Labute approximate surface area is 171 Å². The molecule has 1 N–H and O–H groups in total. The van der Waals surface area contributed by atoms with Crippen LogP contribution in [0, 0.1) is 20.8 Å². The fourth-order valence-corrected chi connectivity index (χ4v) is 3.91. The Morgan fingerprint density at radius 2 is 2.07 bits per heavy atom. The number of fused-ring (bicyclic) bond motifs is 1. The van der Waals surface area contributed by atoms with Crippen LogP contribution in [0.4, 0.5) is 0 Å². The fraction of sp³-hybridized carbons (Fsp3) is 0.400. The van der Waals surface area contributed by atoms with Crippen molar-refractivity contribution in [2.75, 3.05) is 13.2 Å². The Morgan fingerprint density at radius 1 is 1.31 bits per heavy atom. The summed E-state index contributed by atoms with van der Waals surface area (Å²) in [4.78, 5) is 25.6. The minimum Gasteiger partial charge on any atom is -0.491 e. The summed E-state index contributed by atoms with van der Waals surface area (Å²) in [6, 6.07) is 5.82. The van der Waals surface area contributed by atoms with E-state index in [1.165, 1.54) is 0 Å². The lowest BCUT2D eigenvalue weighted by Gasteiger charge is -2.14. The molecule has 0 bridgehead atoms. The minimum atomic E-state index is -0.956. The van der Waals surface area contributed by atoms with E-state index in [0.29, 0.717) is 26.4 Å². The number of hydrogen-bond acceptors (Lipinski definition) is 8. The third-order valence-electron chi connectivity index (χ3n) is 4.44. The van der Waals surface area contributed by atoms with E-state index in [1.54, 1.807) is 13.8 Å². The molecule has 8 nitrogen and oxygen atoms in total. The van der Waals surface area contributed by atoms with Crippen LogP contribution in [0.5, 0.6) is 5.75 Å². The number of ether oxygens (including phenoxy) is 2. The molecular formula is C20H23N3O5S. The Bertz CT molecular complexity index is 1110. The number of carbonyl (C=O) groups is 1. The average Bonchev–Trinajstić information content (AvgIpc) is 3.02. The van der Waals surface area contributed by atoms with Gasteiger partial charge in [-0.25, -0.2) is 9.48 Å². The lowest BCUT2D eigenvalue weighted by Crippen LogP contribution is -2.32. The van der Waals surface area contributed by atoms with Crippen LogP contribution in [0.25, 0.3) is 10.2 Å². The number of hydrogen-bond donors (Lipinski definition) is 1. The first-order valence-corrected chi connectivity index (χ1v) is 10.1. The van der Waals surface area contributed by atoms with E-state index in [4.69, 9.17) is 9.47 Å². The zero-order valence-electron chi connectivity index (χ0n) is 16.8. The van der Waals surface area contributed by atoms with E-state index in [0.717, 1.165) is 27.1 Å².